The minimum Gasteiger partial charge on any atom is -0.342 e. The Morgan fingerprint density at radius 1 is 1.14 bits per heavy atom. The van der Waals surface area contributed by atoms with Crippen molar-refractivity contribution in [1.29, 1.82) is 0 Å². The largest absolute Gasteiger partial charge is 0.342 e. The van der Waals surface area contributed by atoms with Crippen LogP contribution in [-0.4, -0.2) is 13.1 Å². The number of anilines is 2. The summed E-state index contributed by atoms with van der Waals surface area (Å²) < 4.78 is 14.0. The molecule has 1 unspecified atom stereocenters. The molecule has 0 bridgehead atoms. The maximum Gasteiger partial charge on any atom is 0.146 e. The first-order valence-electron chi connectivity index (χ1n) is 7.36. The Morgan fingerprint density at radius 2 is 1.86 bits per heavy atom. The van der Waals surface area contributed by atoms with Crippen LogP contribution in [0.25, 0.3) is 0 Å². The summed E-state index contributed by atoms with van der Waals surface area (Å²) in [4.78, 5) is 1.90. The predicted octanol–water partition coefficient (Wildman–Crippen LogP) is 4.18. The fourth-order valence-electron chi connectivity index (χ4n) is 2.49. The van der Waals surface area contributed by atoms with Crippen molar-refractivity contribution in [2.75, 3.05) is 11.9 Å². The minimum atomic E-state index is -0.216. The molecular weight excluding hydrogens is 263 g/mol. The Bertz CT molecular complexity index is 610. The maximum absolute atomic E-state index is 14.0. The van der Waals surface area contributed by atoms with Crippen molar-refractivity contribution in [2.24, 2.45) is 5.73 Å². The third kappa shape index (κ3) is 3.61. The SMILES string of the molecule is CCC(N)Cc1cc(C)ccc1N(C)c1ccccc1F. The zero-order valence-electron chi connectivity index (χ0n) is 12.9. The second kappa shape index (κ2) is 6.72. The van der Waals surface area contributed by atoms with E-state index >= 15 is 0 Å². The van der Waals surface area contributed by atoms with E-state index in [1.807, 2.05) is 30.1 Å². The Morgan fingerprint density at radius 3 is 2.52 bits per heavy atom. The molecule has 0 aliphatic heterocycles. The van der Waals surface area contributed by atoms with Gasteiger partial charge in [-0.15, -0.1) is 0 Å². The van der Waals surface area contributed by atoms with Crippen LogP contribution < -0.4 is 10.6 Å². The molecule has 0 fully saturated rings. The number of halogens is 1. The van der Waals surface area contributed by atoms with Crippen molar-refractivity contribution in [3.63, 3.8) is 0 Å². The molecule has 0 saturated heterocycles. The van der Waals surface area contributed by atoms with E-state index in [0.717, 1.165) is 24.1 Å². The lowest BCUT2D eigenvalue weighted by molar-refractivity contribution is 0.626. The summed E-state index contributed by atoms with van der Waals surface area (Å²) >= 11 is 0. The van der Waals surface area contributed by atoms with Gasteiger partial charge in [0, 0.05) is 18.8 Å². The number of hydrogen-bond donors (Lipinski definition) is 1. The smallest absolute Gasteiger partial charge is 0.146 e. The Labute approximate surface area is 126 Å². The number of para-hydroxylation sites is 1. The summed E-state index contributed by atoms with van der Waals surface area (Å²) in [6.45, 7) is 4.15. The summed E-state index contributed by atoms with van der Waals surface area (Å²) in [5.41, 5.74) is 10.0. The summed E-state index contributed by atoms with van der Waals surface area (Å²) in [5, 5.41) is 0. The first-order valence-corrected chi connectivity index (χ1v) is 7.36. The third-order valence-corrected chi connectivity index (χ3v) is 3.82. The van der Waals surface area contributed by atoms with Gasteiger partial charge in [0.05, 0.1) is 5.69 Å². The lowest BCUT2D eigenvalue weighted by atomic mass is 10.00. The first-order chi connectivity index (χ1) is 10.0. The van der Waals surface area contributed by atoms with E-state index in [2.05, 4.69) is 19.9 Å². The maximum atomic E-state index is 14.0. The molecule has 0 saturated carbocycles. The van der Waals surface area contributed by atoms with Crippen LogP contribution in [0, 0.1) is 12.7 Å². The number of hydrogen-bond acceptors (Lipinski definition) is 2. The Kier molecular flexibility index (Phi) is 4.97. The predicted molar refractivity (Wildman–Crippen MR) is 87.6 cm³/mol. The van der Waals surface area contributed by atoms with Crippen LogP contribution in [0.5, 0.6) is 0 Å². The standard InChI is InChI=1S/C18H23FN2/c1-4-15(20)12-14-11-13(2)9-10-17(14)21(3)18-8-6-5-7-16(18)19/h5-11,15H,4,12,20H2,1-3H3. The lowest BCUT2D eigenvalue weighted by Crippen LogP contribution is -2.23. The van der Waals surface area contributed by atoms with Crippen molar-refractivity contribution in [3.8, 4) is 0 Å². The molecule has 1 atom stereocenters. The van der Waals surface area contributed by atoms with Crippen molar-refractivity contribution in [3.05, 3.63) is 59.4 Å². The highest BCUT2D eigenvalue weighted by Crippen LogP contribution is 2.30. The molecule has 0 radical (unpaired) electrons. The van der Waals surface area contributed by atoms with Crippen molar-refractivity contribution in [2.45, 2.75) is 32.7 Å². The fourth-order valence-corrected chi connectivity index (χ4v) is 2.49. The van der Waals surface area contributed by atoms with Gasteiger partial charge in [0.1, 0.15) is 5.82 Å². The monoisotopic (exact) mass is 286 g/mol. The molecule has 0 heterocycles. The summed E-state index contributed by atoms with van der Waals surface area (Å²) in [5.74, 6) is -0.216. The molecule has 2 aromatic carbocycles. The lowest BCUT2D eigenvalue weighted by Gasteiger charge is -2.24. The van der Waals surface area contributed by atoms with E-state index in [1.165, 1.54) is 11.6 Å². The first kappa shape index (κ1) is 15.5. The normalized spacial score (nSPS) is 12.2. The molecule has 2 nitrogen and oxygen atoms in total. The molecule has 3 heteroatoms. The Hall–Kier alpha value is -1.87. The van der Waals surface area contributed by atoms with Crippen LogP contribution in [-0.2, 0) is 6.42 Å². The number of rotatable bonds is 5. The van der Waals surface area contributed by atoms with E-state index in [1.54, 1.807) is 12.1 Å². The van der Waals surface area contributed by atoms with Gasteiger partial charge in [0.15, 0.2) is 0 Å². The van der Waals surface area contributed by atoms with Gasteiger partial charge in [-0.3, -0.25) is 0 Å². The van der Waals surface area contributed by atoms with E-state index in [4.69, 9.17) is 5.73 Å². The Balaban J connectivity index is 2.41. The van der Waals surface area contributed by atoms with Crippen molar-refractivity contribution in [1.82, 2.24) is 0 Å². The molecule has 2 aromatic rings. The molecule has 2 rings (SSSR count). The van der Waals surface area contributed by atoms with Gasteiger partial charge in [-0.25, -0.2) is 4.39 Å². The number of aryl methyl sites for hydroxylation is 1. The van der Waals surface area contributed by atoms with E-state index < -0.39 is 0 Å². The molecule has 0 aromatic heterocycles. The highest BCUT2D eigenvalue weighted by molar-refractivity contribution is 5.66. The molecule has 21 heavy (non-hydrogen) atoms. The van der Waals surface area contributed by atoms with Gasteiger partial charge in [0.25, 0.3) is 0 Å². The van der Waals surface area contributed by atoms with Gasteiger partial charge >= 0.3 is 0 Å². The fraction of sp³-hybridized carbons (Fsp3) is 0.333. The minimum absolute atomic E-state index is 0.125. The molecule has 0 amide bonds. The molecule has 112 valence electrons. The second-order valence-corrected chi connectivity index (χ2v) is 5.52. The van der Waals surface area contributed by atoms with E-state index in [0.29, 0.717) is 5.69 Å². The zero-order chi connectivity index (χ0) is 15.4. The molecule has 0 aliphatic rings. The summed E-state index contributed by atoms with van der Waals surface area (Å²) in [6.07, 6.45) is 1.73. The van der Waals surface area contributed by atoms with Gasteiger partial charge in [0.2, 0.25) is 0 Å². The summed E-state index contributed by atoms with van der Waals surface area (Å²) in [7, 11) is 1.89. The van der Waals surface area contributed by atoms with Crippen LogP contribution in [0.4, 0.5) is 15.8 Å². The highest BCUT2D eigenvalue weighted by Gasteiger charge is 2.14. The number of benzene rings is 2. The quantitative estimate of drug-likeness (QED) is 0.893. The average Bonchev–Trinajstić information content (AvgIpc) is 2.47. The van der Waals surface area contributed by atoms with Crippen LogP contribution in [0.3, 0.4) is 0 Å². The third-order valence-electron chi connectivity index (χ3n) is 3.82. The van der Waals surface area contributed by atoms with Gasteiger partial charge in [-0.2, -0.15) is 0 Å². The molecular formula is C18H23FN2. The van der Waals surface area contributed by atoms with Crippen LogP contribution in [0.15, 0.2) is 42.5 Å². The highest BCUT2D eigenvalue weighted by atomic mass is 19.1. The van der Waals surface area contributed by atoms with Crippen LogP contribution in [0.2, 0.25) is 0 Å². The average molecular weight is 286 g/mol. The second-order valence-electron chi connectivity index (χ2n) is 5.52. The molecule has 2 N–H and O–H groups in total. The number of nitrogens with two attached hydrogens (primary N) is 1. The van der Waals surface area contributed by atoms with Crippen molar-refractivity contribution < 1.29 is 4.39 Å². The summed E-state index contributed by atoms with van der Waals surface area (Å²) in [6, 6.07) is 13.2. The topological polar surface area (TPSA) is 29.3 Å². The van der Waals surface area contributed by atoms with Gasteiger partial charge in [-0.1, -0.05) is 36.8 Å². The molecule has 0 aliphatic carbocycles. The zero-order valence-corrected chi connectivity index (χ0v) is 12.9. The van der Waals surface area contributed by atoms with E-state index in [-0.39, 0.29) is 11.9 Å². The molecule has 0 spiro atoms. The van der Waals surface area contributed by atoms with Crippen LogP contribution in [0.1, 0.15) is 24.5 Å². The number of nitrogens with zero attached hydrogens (tertiary/aromatic N) is 1. The van der Waals surface area contributed by atoms with Crippen molar-refractivity contribution >= 4 is 11.4 Å². The van der Waals surface area contributed by atoms with Gasteiger partial charge < -0.3 is 10.6 Å². The van der Waals surface area contributed by atoms with Crippen LogP contribution >= 0.6 is 0 Å². The van der Waals surface area contributed by atoms with E-state index in [9.17, 15) is 4.39 Å². The van der Waals surface area contributed by atoms with Gasteiger partial charge in [-0.05, 0) is 43.5 Å².